The van der Waals surface area contributed by atoms with Crippen LogP contribution in [0.4, 0.5) is 0 Å². The number of carbonyl (C=O) groups excluding carboxylic acids is 1. The van der Waals surface area contributed by atoms with Gasteiger partial charge in [0.25, 0.3) is 0 Å². The van der Waals surface area contributed by atoms with Crippen LogP contribution in [-0.4, -0.2) is 21.2 Å². The van der Waals surface area contributed by atoms with Gasteiger partial charge in [-0.1, -0.05) is 77.1 Å². The molecule has 3 heteroatoms. The highest BCUT2D eigenvalue weighted by Crippen LogP contribution is 2.41. The normalized spacial score (nSPS) is 13.4. The van der Waals surface area contributed by atoms with Crippen LogP contribution in [0.2, 0.25) is 16.6 Å². The van der Waals surface area contributed by atoms with E-state index in [1.807, 2.05) is 6.08 Å². The highest BCUT2D eigenvalue weighted by molar-refractivity contribution is 6.95. The molecule has 0 aliphatic rings. The zero-order valence-electron chi connectivity index (χ0n) is 17.1. The predicted molar refractivity (Wildman–Crippen MR) is 111 cm³/mol. The smallest absolute Gasteiger partial charge is 0.306 e. The molecule has 0 amide bonds. The van der Waals surface area contributed by atoms with Crippen LogP contribution >= 0.6 is 0 Å². The number of methoxy groups -OCH3 is 1. The summed E-state index contributed by atoms with van der Waals surface area (Å²) in [5.74, 6) is -0.0482. The van der Waals surface area contributed by atoms with Crippen LogP contribution in [-0.2, 0) is 16.0 Å². The summed E-state index contributed by atoms with van der Waals surface area (Å²) in [6.07, 6.45) is 3.09. The first-order valence-electron chi connectivity index (χ1n) is 9.48. The number of allylic oxidation sites excluding steroid dienone is 1. The molecule has 2 nitrogen and oxygen atoms in total. The van der Waals surface area contributed by atoms with Gasteiger partial charge in [0.2, 0.25) is 0 Å². The molecule has 0 radical (unpaired) electrons. The van der Waals surface area contributed by atoms with E-state index in [2.05, 4.69) is 72.4 Å². The Morgan fingerprint density at radius 2 is 1.52 bits per heavy atom. The van der Waals surface area contributed by atoms with Gasteiger partial charge < -0.3 is 4.74 Å². The molecule has 0 aliphatic heterocycles. The van der Waals surface area contributed by atoms with Gasteiger partial charge in [0, 0.05) is 0 Å². The second-order valence-corrected chi connectivity index (χ2v) is 14.0. The molecular weight excluding hydrogens is 324 g/mol. The van der Waals surface area contributed by atoms with E-state index in [4.69, 9.17) is 4.74 Å². The predicted octanol–water partition coefficient (Wildman–Crippen LogP) is 5.48. The molecule has 0 N–H and O–H groups in total. The monoisotopic (exact) mass is 360 g/mol. The van der Waals surface area contributed by atoms with Crippen LogP contribution in [0.1, 0.15) is 53.5 Å². The second kappa shape index (κ2) is 9.37. The summed E-state index contributed by atoms with van der Waals surface area (Å²) in [5, 5.41) is 1.55. The molecule has 0 saturated carbocycles. The van der Waals surface area contributed by atoms with Crippen LogP contribution in [0.3, 0.4) is 0 Å². The third-order valence-electron chi connectivity index (χ3n) is 5.81. The van der Waals surface area contributed by atoms with Gasteiger partial charge >= 0.3 is 5.97 Å². The fourth-order valence-corrected chi connectivity index (χ4v) is 11.5. The highest BCUT2D eigenvalue weighted by Gasteiger charge is 2.44. The Balaban J connectivity index is 3.07. The van der Waals surface area contributed by atoms with Crippen molar-refractivity contribution in [3.05, 3.63) is 42.5 Å². The van der Waals surface area contributed by atoms with E-state index in [0.717, 1.165) is 6.42 Å². The molecule has 140 valence electrons. The Morgan fingerprint density at radius 3 is 1.88 bits per heavy atom. The Morgan fingerprint density at radius 1 is 1.04 bits per heavy atom. The first kappa shape index (κ1) is 21.7. The second-order valence-electron chi connectivity index (χ2n) is 8.07. The lowest BCUT2D eigenvalue weighted by Gasteiger charge is -2.43. The van der Waals surface area contributed by atoms with Crippen molar-refractivity contribution in [2.45, 2.75) is 71.0 Å². The molecule has 1 unspecified atom stereocenters. The van der Waals surface area contributed by atoms with Crippen molar-refractivity contribution in [1.29, 1.82) is 0 Å². The molecule has 0 aliphatic carbocycles. The summed E-state index contributed by atoms with van der Waals surface area (Å²) in [6, 6.07) is 9.19. The lowest BCUT2D eigenvalue weighted by atomic mass is 9.96. The Labute approximate surface area is 155 Å². The Kier molecular flexibility index (Phi) is 8.13. The SMILES string of the molecule is C=CC(CC(=O)OC)Cc1ccc([Si](C(C)C)(C(C)C)C(C)C)cc1. The maximum absolute atomic E-state index is 11.5. The van der Waals surface area contributed by atoms with Crippen LogP contribution < -0.4 is 5.19 Å². The molecular formula is C22H36O2Si. The number of hydrogen-bond acceptors (Lipinski definition) is 2. The number of ether oxygens (including phenoxy) is 1. The first-order valence-corrected chi connectivity index (χ1v) is 11.7. The Hall–Kier alpha value is -1.35. The van der Waals surface area contributed by atoms with E-state index in [1.165, 1.54) is 12.7 Å². The van der Waals surface area contributed by atoms with Crippen molar-refractivity contribution in [1.82, 2.24) is 0 Å². The summed E-state index contributed by atoms with van der Waals surface area (Å²) in [6.45, 7) is 18.2. The topological polar surface area (TPSA) is 26.3 Å². The molecule has 1 aromatic carbocycles. The Bertz CT molecular complexity index is 536. The molecule has 0 saturated heterocycles. The van der Waals surface area contributed by atoms with E-state index in [-0.39, 0.29) is 11.9 Å². The minimum atomic E-state index is -1.60. The molecule has 1 atom stereocenters. The quantitative estimate of drug-likeness (QED) is 0.331. The lowest BCUT2D eigenvalue weighted by molar-refractivity contribution is -0.141. The average Bonchev–Trinajstić information content (AvgIpc) is 2.55. The van der Waals surface area contributed by atoms with Crippen LogP contribution in [0, 0.1) is 5.92 Å². The molecule has 0 bridgehead atoms. The third-order valence-corrected chi connectivity index (χ3v) is 12.9. The largest absolute Gasteiger partial charge is 0.469 e. The summed E-state index contributed by atoms with van der Waals surface area (Å²) in [4.78, 5) is 11.5. The maximum atomic E-state index is 11.5. The van der Waals surface area contributed by atoms with Gasteiger partial charge in [-0.25, -0.2) is 0 Å². The number of esters is 1. The first-order chi connectivity index (χ1) is 11.7. The third kappa shape index (κ3) is 4.84. The van der Waals surface area contributed by atoms with Gasteiger partial charge in [0.1, 0.15) is 0 Å². The van der Waals surface area contributed by atoms with E-state index in [1.54, 1.807) is 5.19 Å². The van der Waals surface area contributed by atoms with Crippen LogP contribution in [0.5, 0.6) is 0 Å². The van der Waals surface area contributed by atoms with Crippen molar-refractivity contribution >= 4 is 19.2 Å². The minimum absolute atomic E-state index is 0.126. The molecule has 1 rings (SSSR count). The molecule has 0 aromatic heterocycles. The fourth-order valence-electron chi connectivity index (χ4n) is 4.77. The molecule has 1 aromatic rings. The average molecular weight is 361 g/mol. The number of benzene rings is 1. The van der Waals surface area contributed by atoms with E-state index in [0.29, 0.717) is 23.0 Å². The maximum Gasteiger partial charge on any atom is 0.306 e. The molecule has 0 heterocycles. The standard InChI is InChI=1S/C22H36O2Si/c1-9-19(15-22(23)24-8)14-20-10-12-21(13-11-20)25(16(2)3,17(4)5)18(6)7/h9-13,16-19H,1,14-15H2,2-8H3. The van der Waals surface area contributed by atoms with Crippen molar-refractivity contribution in [3.8, 4) is 0 Å². The van der Waals surface area contributed by atoms with E-state index >= 15 is 0 Å². The van der Waals surface area contributed by atoms with Gasteiger partial charge in [0.15, 0.2) is 0 Å². The van der Waals surface area contributed by atoms with Gasteiger partial charge in [-0.15, -0.1) is 6.58 Å². The summed E-state index contributed by atoms with van der Waals surface area (Å²) in [5.41, 5.74) is 3.38. The van der Waals surface area contributed by atoms with Crippen LogP contribution in [0.15, 0.2) is 36.9 Å². The van der Waals surface area contributed by atoms with Crippen molar-refractivity contribution in [2.75, 3.05) is 7.11 Å². The number of rotatable bonds is 9. The fraction of sp³-hybridized carbons (Fsp3) is 0.591. The zero-order chi connectivity index (χ0) is 19.2. The summed E-state index contributed by atoms with van der Waals surface area (Å²) < 4.78 is 4.78. The van der Waals surface area contributed by atoms with E-state index < -0.39 is 8.07 Å². The minimum Gasteiger partial charge on any atom is -0.469 e. The number of carbonyl (C=O) groups is 1. The van der Waals surface area contributed by atoms with E-state index in [9.17, 15) is 4.79 Å². The van der Waals surface area contributed by atoms with Gasteiger partial charge in [0.05, 0.1) is 21.6 Å². The van der Waals surface area contributed by atoms with Crippen molar-refractivity contribution in [3.63, 3.8) is 0 Å². The van der Waals surface area contributed by atoms with Gasteiger partial charge in [-0.3, -0.25) is 4.79 Å². The highest BCUT2D eigenvalue weighted by atomic mass is 28.3. The molecule has 25 heavy (non-hydrogen) atoms. The van der Waals surface area contributed by atoms with Gasteiger partial charge in [-0.05, 0) is 34.5 Å². The van der Waals surface area contributed by atoms with Gasteiger partial charge in [-0.2, -0.15) is 0 Å². The van der Waals surface area contributed by atoms with Crippen LogP contribution in [0.25, 0.3) is 0 Å². The lowest BCUT2D eigenvalue weighted by Crippen LogP contribution is -2.55. The van der Waals surface area contributed by atoms with Crippen molar-refractivity contribution < 1.29 is 9.53 Å². The van der Waals surface area contributed by atoms with Crippen molar-refractivity contribution in [2.24, 2.45) is 5.92 Å². The number of hydrogen-bond donors (Lipinski definition) is 0. The molecule has 0 spiro atoms. The molecule has 0 fully saturated rings. The zero-order valence-corrected chi connectivity index (χ0v) is 18.1. The summed E-state index contributed by atoms with van der Waals surface area (Å²) in [7, 11) is -0.165. The summed E-state index contributed by atoms with van der Waals surface area (Å²) >= 11 is 0.